The van der Waals surface area contributed by atoms with Gasteiger partial charge in [0.05, 0.1) is 18.4 Å². The van der Waals surface area contributed by atoms with Crippen LogP contribution in [0, 0.1) is 6.92 Å². The lowest BCUT2D eigenvalue weighted by atomic mass is 10.0. The van der Waals surface area contributed by atoms with Gasteiger partial charge < -0.3 is 19.9 Å². The van der Waals surface area contributed by atoms with Crippen LogP contribution in [-0.2, 0) is 16.1 Å². The van der Waals surface area contributed by atoms with E-state index in [9.17, 15) is 14.4 Å². The van der Waals surface area contributed by atoms with E-state index in [0.29, 0.717) is 31.9 Å². The molecule has 1 fully saturated rings. The summed E-state index contributed by atoms with van der Waals surface area (Å²) in [6.07, 6.45) is 5.01. The second kappa shape index (κ2) is 9.28. The first-order valence-electron chi connectivity index (χ1n) is 11.2. The molecule has 3 amide bonds. The Morgan fingerprint density at radius 2 is 1.97 bits per heavy atom. The molecule has 9 heteroatoms. The topological polar surface area (TPSA) is 96.8 Å². The van der Waals surface area contributed by atoms with Gasteiger partial charge in [0.25, 0.3) is 0 Å². The molecule has 172 valence electrons. The molecule has 1 N–H and O–H groups in total. The average molecular weight is 434 g/mol. The first-order chi connectivity index (χ1) is 14.6. The number of hydrogen-bond acceptors (Lipinski definition) is 5. The molecule has 0 bridgehead atoms. The van der Waals surface area contributed by atoms with Gasteiger partial charge in [0.1, 0.15) is 17.5 Å². The van der Waals surface area contributed by atoms with Crippen LogP contribution in [0.5, 0.6) is 0 Å². The number of aryl methyl sites for hydroxylation is 1. The number of alkyl carbamates (subject to hydrolysis) is 1. The van der Waals surface area contributed by atoms with Crippen LogP contribution >= 0.6 is 0 Å². The highest BCUT2D eigenvalue weighted by Crippen LogP contribution is 2.26. The number of fused-ring (bicyclic) bond motifs is 1. The Morgan fingerprint density at radius 3 is 2.55 bits per heavy atom. The van der Waals surface area contributed by atoms with E-state index < -0.39 is 17.7 Å². The Labute approximate surface area is 184 Å². The molecule has 0 saturated carbocycles. The fourth-order valence-corrected chi connectivity index (χ4v) is 4.25. The van der Waals surface area contributed by atoms with Crippen molar-refractivity contribution < 1.29 is 19.1 Å². The van der Waals surface area contributed by atoms with E-state index in [4.69, 9.17) is 4.74 Å². The van der Waals surface area contributed by atoms with Crippen molar-refractivity contribution in [1.82, 2.24) is 24.7 Å². The maximum atomic E-state index is 13.1. The van der Waals surface area contributed by atoms with Crippen molar-refractivity contribution in [3.63, 3.8) is 0 Å². The zero-order valence-electron chi connectivity index (χ0n) is 19.3. The molecule has 1 aromatic heterocycles. The van der Waals surface area contributed by atoms with E-state index in [1.807, 2.05) is 16.7 Å². The smallest absolute Gasteiger partial charge is 0.408 e. The number of piperidine rings is 1. The van der Waals surface area contributed by atoms with Crippen molar-refractivity contribution >= 4 is 18.0 Å². The van der Waals surface area contributed by atoms with Crippen molar-refractivity contribution in [1.29, 1.82) is 0 Å². The minimum Gasteiger partial charge on any atom is -0.444 e. The van der Waals surface area contributed by atoms with E-state index in [0.717, 1.165) is 31.4 Å². The molecule has 31 heavy (non-hydrogen) atoms. The van der Waals surface area contributed by atoms with E-state index >= 15 is 0 Å². The quantitative estimate of drug-likeness (QED) is 0.744. The van der Waals surface area contributed by atoms with Gasteiger partial charge in [0.15, 0.2) is 0 Å². The molecule has 2 aliphatic rings. The molecule has 0 aromatic carbocycles. The third kappa shape index (κ3) is 5.37. The molecular weight excluding hydrogens is 398 g/mol. The number of nitrogens with zero attached hydrogens (tertiary/aromatic N) is 4. The number of carbonyl (C=O) groups excluding carboxylic acids is 3. The maximum absolute atomic E-state index is 13.1. The van der Waals surface area contributed by atoms with Gasteiger partial charge in [0, 0.05) is 19.1 Å². The zero-order chi connectivity index (χ0) is 22.8. The van der Waals surface area contributed by atoms with Crippen LogP contribution in [0.1, 0.15) is 71.3 Å². The fourth-order valence-electron chi connectivity index (χ4n) is 4.25. The fraction of sp³-hybridized carbons (Fsp3) is 0.727. The number of rotatable bonds is 6. The van der Waals surface area contributed by atoms with Crippen LogP contribution < -0.4 is 5.32 Å². The Morgan fingerprint density at radius 1 is 1.29 bits per heavy atom. The van der Waals surface area contributed by atoms with Crippen LogP contribution in [0.4, 0.5) is 9.59 Å². The van der Waals surface area contributed by atoms with Crippen LogP contribution in [0.25, 0.3) is 0 Å². The van der Waals surface area contributed by atoms with Crippen LogP contribution in [0.2, 0.25) is 0 Å². The molecule has 2 aliphatic heterocycles. The van der Waals surface area contributed by atoms with E-state index in [1.165, 1.54) is 0 Å². The molecule has 1 unspecified atom stereocenters. The summed E-state index contributed by atoms with van der Waals surface area (Å²) in [6, 6.07) is -0.514. The molecule has 0 spiro atoms. The van der Waals surface area contributed by atoms with Gasteiger partial charge in [-0.15, -0.1) is 0 Å². The minimum absolute atomic E-state index is 0.0257. The highest BCUT2D eigenvalue weighted by molar-refractivity contribution is 5.86. The van der Waals surface area contributed by atoms with Crippen molar-refractivity contribution in [3.05, 3.63) is 17.7 Å². The van der Waals surface area contributed by atoms with Gasteiger partial charge in [-0.1, -0.05) is 19.8 Å². The zero-order valence-corrected chi connectivity index (χ0v) is 19.3. The summed E-state index contributed by atoms with van der Waals surface area (Å²) in [7, 11) is 0. The molecule has 9 nitrogen and oxygen atoms in total. The molecule has 0 aliphatic carbocycles. The number of nitrogens with one attached hydrogen (secondary N) is 1. The van der Waals surface area contributed by atoms with Gasteiger partial charge in [-0.2, -0.15) is 0 Å². The molecule has 1 saturated heterocycles. The van der Waals surface area contributed by atoms with Gasteiger partial charge in [0.2, 0.25) is 5.91 Å². The van der Waals surface area contributed by atoms with Gasteiger partial charge in [-0.05, 0) is 47.0 Å². The lowest BCUT2D eigenvalue weighted by molar-refractivity contribution is -0.135. The normalized spacial score (nSPS) is 18.2. The second-order valence-electron chi connectivity index (χ2n) is 9.44. The third-order valence-corrected chi connectivity index (χ3v) is 5.83. The maximum Gasteiger partial charge on any atom is 0.408 e. The Bertz CT molecular complexity index is 820. The summed E-state index contributed by atoms with van der Waals surface area (Å²) >= 11 is 0. The predicted molar refractivity (Wildman–Crippen MR) is 116 cm³/mol. The average Bonchev–Trinajstić information content (AvgIpc) is 3.23. The van der Waals surface area contributed by atoms with Gasteiger partial charge in [-0.3, -0.25) is 9.36 Å². The van der Waals surface area contributed by atoms with Crippen LogP contribution in [-0.4, -0.2) is 68.2 Å². The largest absolute Gasteiger partial charge is 0.444 e. The van der Waals surface area contributed by atoms with Crippen molar-refractivity contribution in [2.45, 2.75) is 91.0 Å². The first kappa shape index (κ1) is 23.1. The highest BCUT2D eigenvalue weighted by atomic mass is 16.6. The SMILES string of the molecule is CCCCC(NC(=O)OC(C)(C)C)C(=O)N1CCC(N2Cc3cnc(C)n3C2=O)CC1. The number of amides is 3. The van der Waals surface area contributed by atoms with Crippen LogP contribution in [0.3, 0.4) is 0 Å². The summed E-state index contributed by atoms with van der Waals surface area (Å²) in [5, 5.41) is 2.77. The number of ether oxygens (including phenoxy) is 1. The Balaban J connectivity index is 1.57. The molecule has 1 aromatic rings. The Hall–Kier alpha value is -2.58. The predicted octanol–water partition coefficient (Wildman–Crippen LogP) is 3.05. The lowest BCUT2D eigenvalue weighted by Crippen LogP contribution is -2.53. The molecule has 3 rings (SSSR count). The lowest BCUT2D eigenvalue weighted by Gasteiger charge is -2.37. The van der Waals surface area contributed by atoms with Gasteiger partial charge >= 0.3 is 12.1 Å². The van der Waals surface area contributed by atoms with E-state index in [2.05, 4.69) is 17.2 Å². The highest BCUT2D eigenvalue weighted by Gasteiger charge is 2.37. The number of carbonyl (C=O) groups is 3. The summed E-state index contributed by atoms with van der Waals surface area (Å²) in [4.78, 5) is 46.0. The summed E-state index contributed by atoms with van der Waals surface area (Å²) in [6.45, 7) is 11.0. The van der Waals surface area contributed by atoms with Crippen molar-refractivity contribution in [2.75, 3.05) is 13.1 Å². The first-order valence-corrected chi connectivity index (χ1v) is 11.2. The monoisotopic (exact) mass is 433 g/mol. The number of unbranched alkanes of at least 4 members (excludes halogenated alkanes) is 1. The third-order valence-electron chi connectivity index (χ3n) is 5.83. The van der Waals surface area contributed by atoms with Crippen molar-refractivity contribution in [3.8, 4) is 0 Å². The van der Waals surface area contributed by atoms with Crippen LogP contribution in [0.15, 0.2) is 6.20 Å². The number of aromatic nitrogens is 2. The number of likely N-dealkylation sites (tertiary alicyclic amines) is 1. The Kier molecular flexibility index (Phi) is 6.91. The molecule has 0 radical (unpaired) electrons. The van der Waals surface area contributed by atoms with E-state index in [-0.39, 0.29) is 18.0 Å². The number of hydrogen-bond donors (Lipinski definition) is 1. The minimum atomic E-state index is -0.615. The molecular formula is C22H35N5O4. The standard InChI is InChI=1S/C22H35N5O4/c1-6-7-8-18(24-20(29)31-22(3,4)5)19(28)25-11-9-16(10-12-25)26-14-17-13-23-15(2)27(17)21(26)30/h13,16,18H,6-12,14H2,1-5H3,(H,24,29). The van der Waals surface area contributed by atoms with E-state index in [1.54, 1.807) is 31.5 Å². The summed E-state index contributed by atoms with van der Waals surface area (Å²) < 4.78 is 7.01. The number of imidazole rings is 1. The summed E-state index contributed by atoms with van der Waals surface area (Å²) in [5.41, 5.74) is 0.303. The molecule has 1 atom stereocenters. The second-order valence-corrected chi connectivity index (χ2v) is 9.44. The van der Waals surface area contributed by atoms with Crippen molar-refractivity contribution in [2.24, 2.45) is 0 Å². The summed E-state index contributed by atoms with van der Waals surface area (Å²) in [5.74, 6) is 0.638. The molecule has 3 heterocycles. The van der Waals surface area contributed by atoms with Gasteiger partial charge in [-0.25, -0.2) is 14.6 Å².